The lowest BCUT2D eigenvalue weighted by atomic mass is 9.94. The molecule has 1 amide bonds. The van der Waals surface area contributed by atoms with Gasteiger partial charge in [0.25, 0.3) is 11.6 Å². The molecule has 0 bridgehead atoms. The Bertz CT molecular complexity index is 942. The maximum atomic E-state index is 13.4. The second kappa shape index (κ2) is 7.04. The van der Waals surface area contributed by atoms with Crippen molar-refractivity contribution in [2.45, 2.75) is 13.0 Å². The number of fused-ring (bicyclic) bond motifs is 1. The lowest BCUT2D eigenvalue weighted by molar-refractivity contribution is -0.384. The molecule has 10 nitrogen and oxygen atoms in total. The number of piperazine rings is 1. The molecule has 0 radical (unpaired) electrons. The van der Waals surface area contributed by atoms with E-state index in [4.69, 9.17) is 0 Å². The first kappa shape index (κ1) is 18.1. The summed E-state index contributed by atoms with van der Waals surface area (Å²) in [4.78, 5) is 32.2. The van der Waals surface area contributed by atoms with Crippen LogP contribution < -0.4 is 5.32 Å². The summed E-state index contributed by atoms with van der Waals surface area (Å²) in [5.41, 5.74) is 2.05. The number of nitro groups is 1. The maximum absolute atomic E-state index is 13.4. The van der Waals surface area contributed by atoms with E-state index in [0.29, 0.717) is 30.3 Å². The van der Waals surface area contributed by atoms with Gasteiger partial charge in [-0.15, -0.1) is 0 Å². The van der Waals surface area contributed by atoms with Crippen LogP contribution in [0.15, 0.2) is 41.9 Å². The number of amides is 1. The van der Waals surface area contributed by atoms with Crippen molar-refractivity contribution in [2.75, 3.05) is 38.5 Å². The van der Waals surface area contributed by atoms with Crippen molar-refractivity contribution >= 4 is 17.5 Å². The molecule has 1 atom stereocenters. The number of hydrogen-bond acceptors (Lipinski definition) is 7. The van der Waals surface area contributed by atoms with E-state index in [1.807, 2.05) is 18.9 Å². The van der Waals surface area contributed by atoms with Crippen LogP contribution in [0.5, 0.6) is 0 Å². The summed E-state index contributed by atoms with van der Waals surface area (Å²) in [6.45, 7) is 4.80. The van der Waals surface area contributed by atoms with Gasteiger partial charge in [-0.05, 0) is 31.7 Å². The summed E-state index contributed by atoms with van der Waals surface area (Å²) in [6, 6.07) is 5.74. The van der Waals surface area contributed by atoms with Crippen LogP contribution in [0.1, 0.15) is 18.5 Å². The second-order valence-corrected chi connectivity index (χ2v) is 7.04. The molecule has 28 heavy (non-hydrogen) atoms. The number of benzene rings is 1. The Morgan fingerprint density at radius 3 is 2.54 bits per heavy atom. The van der Waals surface area contributed by atoms with Crippen molar-refractivity contribution in [2.24, 2.45) is 0 Å². The fourth-order valence-corrected chi connectivity index (χ4v) is 3.63. The number of anilines is 1. The molecule has 3 heterocycles. The van der Waals surface area contributed by atoms with Crippen molar-refractivity contribution in [3.05, 3.63) is 57.5 Å². The Morgan fingerprint density at radius 2 is 1.89 bits per heavy atom. The highest BCUT2D eigenvalue weighted by molar-refractivity contribution is 5.96. The minimum atomic E-state index is -0.494. The molecule has 1 aromatic carbocycles. The number of aromatic nitrogens is 3. The average Bonchev–Trinajstić information content (AvgIpc) is 3.15. The van der Waals surface area contributed by atoms with Gasteiger partial charge in [0, 0.05) is 44.0 Å². The highest BCUT2D eigenvalue weighted by atomic mass is 16.6. The van der Waals surface area contributed by atoms with Crippen molar-refractivity contribution < 1.29 is 9.72 Å². The fourth-order valence-electron chi connectivity index (χ4n) is 3.63. The topological polar surface area (TPSA) is 109 Å². The number of carbonyl (C=O) groups excluding carboxylic acids is 1. The molecule has 146 valence electrons. The normalized spacial score (nSPS) is 19.9. The third-order valence-corrected chi connectivity index (χ3v) is 5.23. The number of allylic oxidation sites excluding steroid dienone is 1. The number of carbonyl (C=O) groups is 1. The van der Waals surface area contributed by atoms with E-state index in [0.717, 1.165) is 18.7 Å². The Labute approximate surface area is 161 Å². The molecule has 0 saturated carbocycles. The molecule has 2 aliphatic heterocycles. The monoisotopic (exact) mass is 383 g/mol. The molecule has 1 fully saturated rings. The quantitative estimate of drug-likeness (QED) is 0.627. The SMILES string of the molecule is CC1=C(C(=O)N2CCN(C)CC2)C(c2ccc([N+](=O)[O-])cc2)n2ncnc2N1. The number of likely N-dealkylation sites (N-methyl/N-ethyl adjacent to an activating group) is 1. The van der Waals surface area contributed by atoms with Crippen molar-refractivity contribution in [3.63, 3.8) is 0 Å². The molecule has 1 aromatic heterocycles. The zero-order valence-corrected chi connectivity index (χ0v) is 15.7. The van der Waals surface area contributed by atoms with Gasteiger partial charge in [0.2, 0.25) is 5.95 Å². The van der Waals surface area contributed by atoms with Crippen molar-refractivity contribution in [1.29, 1.82) is 0 Å². The van der Waals surface area contributed by atoms with Crippen LogP contribution >= 0.6 is 0 Å². The lowest BCUT2D eigenvalue weighted by Gasteiger charge is -2.36. The van der Waals surface area contributed by atoms with Gasteiger partial charge in [0.05, 0.1) is 10.5 Å². The second-order valence-electron chi connectivity index (χ2n) is 7.04. The summed E-state index contributed by atoms with van der Waals surface area (Å²) in [5.74, 6) is 0.485. The molecule has 4 rings (SSSR count). The number of hydrogen-bond donors (Lipinski definition) is 1. The number of non-ortho nitro benzene ring substituents is 1. The highest BCUT2D eigenvalue weighted by Crippen LogP contribution is 2.36. The first-order valence-corrected chi connectivity index (χ1v) is 9.05. The van der Waals surface area contributed by atoms with Crippen LogP contribution in [0.3, 0.4) is 0 Å². The van der Waals surface area contributed by atoms with Crippen LogP contribution in [0.4, 0.5) is 11.6 Å². The van der Waals surface area contributed by atoms with E-state index in [1.54, 1.807) is 16.8 Å². The Balaban J connectivity index is 1.74. The van der Waals surface area contributed by atoms with Crippen LogP contribution in [0, 0.1) is 10.1 Å². The largest absolute Gasteiger partial charge is 0.336 e. The van der Waals surface area contributed by atoms with Crippen molar-refractivity contribution in [3.8, 4) is 0 Å². The number of nitrogens with one attached hydrogen (secondary N) is 1. The zero-order valence-electron chi connectivity index (χ0n) is 15.7. The molecule has 1 unspecified atom stereocenters. The molecule has 2 aromatic rings. The summed E-state index contributed by atoms with van der Waals surface area (Å²) in [7, 11) is 2.04. The molecule has 2 aliphatic rings. The molecular formula is C18H21N7O3. The maximum Gasteiger partial charge on any atom is 0.269 e. The minimum absolute atomic E-state index is 0.00384. The van der Waals surface area contributed by atoms with Crippen LogP contribution in [-0.2, 0) is 4.79 Å². The summed E-state index contributed by atoms with van der Waals surface area (Å²) < 4.78 is 1.65. The number of nitro benzene ring substituents is 1. The van der Waals surface area contributed by atoms with E-state index < -0.39 is 11.0 Å². The van der Waals surface area contributed by atoms with Gasteiger partial charge in [-0.1, -0.05) is 0 Å². The Kier molecular flexibility index (Phi) is 4.55. The van der Waals surface area contributed by atoms with Gasteiger partial charge < -0.3 is 15.1 Å². The average molecular weight is 383 g/mol. The van der Waals surface area contributed by atoms with E-state index in [1.165, 1.54) is 18.5 Å². The van der Waals surface area contributed by atoms with Gasteiger partial charge in [-0.2, -0.15) is 10.1 Å². The standard InChI is InChI=1S/C18H21N7O3/c1-12-15(17(26)23-9-7-22(2)8-10-23)16(24-18(21-12)19-11-20-24)13-3-5-14(6-4-13)25(27)28/h3-6,11,16H,7-10H2,1-2H3,(H,19,20,21). The van der Waals surface area contributed by atoms with Crippen LogP contribution in [-0.4, -0.2) is 68.6 Å². The number of rotatable bonds is 3. The van der Waals surface area contributed by atoms with E-state index in [-0.39, 0.29) is 11.6 Å². The third-order valence-electron chi connectivity index (χ3n) is 5.23. The first-order chi connectivity index (χ1) is 13.5. The summed E-state index contributed by atoms with van der Waals surface area (Å²) in [6.07, 6.45) is 1.43. The lowest BCUT2D eigenvalue weighted by Crippen LogP contribution is -2.49. The van der Waals surface area contributed by atoms with E-state index in [9.17, 15) is 14.9 Å². The van der Waals surface area contributed by atoms with Gasteiger partial charge >= 0.3 is 0 Å². The smallest absolute Gasteiger partial charge is 0.269 e. The third kappa shape index (κ3) is 3.11. The van der Waals surface area contributed by atoms with Gasteiger partial charge in [0.15, 0.2) is 0 Å². The van der Waals surface area contributed by atoms with Crippen molar-refractivity contribution in [1.82, 2.24) is 24.6 Å². The molecular weight excluding hydrogens is 362 g/mol. The fraction of sp³-hybridized carbons (Fsp3) is 0.389. The summed E-state index contributed by atoms with van der Waals surface area (Å²) in [5, 5.41) is 18.4. The van der Waals surface area contributed by atoms with Gasteiger partial charge in [-0.25, -0.2) is 4.68 Å². The van der Waals surface area contributed by atoms with Gasteiger partial charge in [-0.3, -0.25) is 14.9 Å². The van der Waals surface area contributed by atoms with Crippen LogP contribution in [0.25, 0.3) is 0 Å². The molecule has 10 heteroatoms. The highest BCUT2D eigenvalue weighted by Gasteiger charge is 2.36. The van der Waals surface area contributed by atoms with E-state index >= 15 is 0 Å². The predicted molar refractivity (Wildman–Crippen MR) is 102 cm³/mol. The van der Waals surface area contributed by atoms with Crippen LogP contribution in [0.2, 0.25) is 0 Å². The molecule has 0 aliphatic carbocycles. The number of nitrogens with zero attached hydrogens (tertiary/aromatic N) is 6. The summed E-state index contributed by atoms with van der Waals surface area (Å²) >= 11 is 0. The zero-order chi connectivity index (χ0) is 19.8. The molecule has 0 spiro atoms. The first-order valence-electron chi connectivity index (χ1n) is 9.05. The minimum Gasteiger partial charge on any atom is -0.336 e. The molecule has 1 saturated heterocycles. The predicted octanol–water partition coefficient (Wildman–Crippen LogP) is 1.25. The molecule has 1 N–H and O–H groups in total. The Hall–Kier alpha value is -3.27. The van der Waals surface area contributed by atoms with E-state index in [2.05, 4.69) is 20.3 Å². The van der Waals surface area contributed by atoms with Gasteiger partial charge in [0.1, 0.15) is 12.4 Å². The Morgan fingerprint density at radius 1 is 1.21 bits per heavy atom.